The third kappa shape index (κ3) is 6.71. The minimum absolute atomic E-state index is 0. The molecule has 23 heavy (non-hydrogen) atoms. The predicted octanol–water partition coefficient (Wildman–Crippen LogP) is 5.03. The van der Waals surface area contributed by atoms with Crippen LogP contribution < -0.4 is 10.1 Å². The van der Waals surface area contributed by atoms with Gasteiger partial charge in [0.1, 0.15) is 5.75 Å². The molecule has 1 fully saturated rings. The molecule has 0 bridgehead atoms. The molecule has 2 rings (SSSR count). The van der Waals surface area contributed by atoms with E-state index in [9.17, 15) is 0 Å². The first kappa shape index (κ1) is 23.5. The predicted molar refractivity (Wildman–Crippen MR) is 109 cm³/mol. The minimum atomic E-state index is 0. The summed E-state index contributed by atoms with van der Waals surface area (Å²) in [6.07, 6.45) is 2.65. The van der Waals surface area contributed by atoms with Crippen LogP contribution in [0.25, 0.3) is 0 Å². The van der Waals surface area contributed by atoms with E-state index >= 15 is 0 Å². The molecular formula is C16H26Br2Cl2N2O. The van der Waals surface area contributed by atoms with Gasteiger partial charge in [-0.2, -0.15) is 0 Å². The molecule has 0 saturated carbocycles. The van der Waals surface area contributed by atoms with Gasteiger partial charge < -0.3 is 10.1 Å². The monoisotopic (exact) mass is 490 g/mol. The molecule has 0 aromatic heterocycles. The summed E-state index contributed by atoms with van der Waals surface area (Å²) in [4.78, 5) is 2.57. The molecule has 3 nitrogen and oxygen atoms in total. The lowest BCUT2D eigenvalue weighted by molar-refractivity contribution is 0.260. The quantitative estimate of drug-likeness (QED) is 0.578. The van der Waals surface area contributed by atoms with Gasteiger partial charge in [-0.25, -0.2) is 0 Å². The summed E-state index contributed by atoms with van der Waals surface area (Å²) in [6.45, 7) is 9.28. The maximum Gasteiger partial charge on any atom is 0.147 e. The van der Waals surface area contributed by atoms with Gasteiger partial charge in [0.2, 0.25) is 0 Å². The second kappa shape index (κ2) is 11.9. The van der Waals surface area contributed by atoms with Crippen LogP contribution in [0.1, 0.15) is 32.3 Å². The van der Waals surface area contributed by atoms with E-state index < -0.39 is 0 Å². The molecule has 1 saturated heterocycles. The van der Waals surface area contributed by atoms with Gasteiger partial charge in [0, 0.05) is 19.1 Å². The Hall–Kier alpha value is 0.480. The van der Waals surface area contributed by atoms with E-state index in [-0.39, 0.29) is 24.8 Å². The van der Waals surface area contributed by atoms with E-state index in [0.29, 0.717) is 12.6 Å². The van der Waals surface area contributed by atoms with E-state index in [0.717, 1.165) is 34.3 Å². The van der Waals surface area contributed by atoms with Crippen molar-refractivity contribution in [1.82, 2.24) is 10.2 Å². The van der Waals surface area contributed by atoms with Gasteiger partial charge in [0.15, 0.2) is 0 Å². The van der Waals surface area contributed by atoms with Gasteiger partial charge in [-0.15, -0.1) is 24.8 Å². The van der Waals surface area contributed by atoms with Crippen LogP contribution in [0.5, 0.6) is 5.75 Å². The average molecular weight is 493 g/mol. The lowest BCUT2D eigenvalue weighted by Gasteiger charge is -2.23. The zero-order chi connectivity index (χ0) is 15.2. The first-order valence-electron chi connectivity index (χ1n) is 7.71. The molecule has 1 heterocycles. The van der Waals surface area contributed by atoms with Crippen molar-refractivity contribution in [3.05, 3.63) is 26.6 Å². The number of likely N-dealkylation sites (N-methyl/N-ethyl adjacent to an activating group) is 1. The van der Waals surface area contributed by atoms with Crippen molar-refractivity contribution >= 4 is 56.7 Å². The number of likely N-dealkylation sites (tertiary alicyclic amines) is 1. The molecule has 0 radical (unpaired) electrons. The third-order valence-corrected chi connectivity index (χ3v) is 5.14. The summed E-state index contributed by atoms with van der Waals surface area (Å²) >= 11 is 7.17. The highest BCUT2D eigenvalue weighted by Gasteiger charge is 2.22. The van der Waals surface area contributed by atoms with Crippen molar-refractivity contribution < 1.29 is 4.74 Å². The Balaban J connectivity index is 0.00000242. The topological polar surface area (TPSA) is 24.5 Å². The van der Waals surface area contributed by atoms with Crippen molar-refractivity contribution in [3.63, 3.8) is 0 Å². The highest BCUT2D eigenvalue weighted by atomic mass is 79.9. The molecule has 1 unspecified atom stereocenters. The molecule has 1 aromatic rings. The fourth-order valence-electron chi connectivity index (χ4n) is 2.92. The Kier molecular flexibility index (Phi) is 12.2. The van der Waals surface area contributed by atoms with Crippen LogP contribution in [0.3, 0.4) is 0 Å². The van der Waals surface area contributed by atoms with E-state index in [4.69, 9.17) is 4.74 Å². The Morgan fingerprint density at radius 3 is 2.43 bits per heavy atom. The van der Waals surface area contributed by atoms with E-state index in [1.165, 1.54) is 24.9 Å². The molecule has 1 aromatic carbocycles. The largest absolute Gasteiger partial charge is 0.492 e. The Morgan fingerprint density at radius 2 is 1.87 bits per heavy atom. The number of ether oxygens (including phenoxy) is 1. The summed E-state index contributed by atoms with van der Waals surface area (Å²) in [6, 6.07) is 4.97. The molecule has 134 valence electrons. The second-order valence-corrected chi connectivity index (χ2v) is 7.09. The van der Waals surface area contributed by atoms with Gasteiger partial charge in [-0.05, 0) is 82.4 Å². The molecular weight excluding hydrogens is 467 g/mol. The van der Waals surface area contributed by atoms with Crippen LogP contribution >= 0.6 is 56.7 Å². The fourth-order valence-corrected chi connectivity index (χ4v) is 4.43. The first-order chi connectivity index (χ1) is 10.2. The summed E-state index contributed by atoms with van der Waals surface area (Å²) in [5, 5.41) is 3.59. The standard InChI is InChI=1S/C16H24Br2N2O.2ClH/c1-3-20-7-5-6-13(20)11-19-10-12-8-14(17)16(21-4-2)15(18)9-12;;/h8-9,13,19H,3-7,10-11H2,1-2H3;2*1H. The number of hydrogen-bond acceptors (Lipinski definition) is 3. The van der Waals surface area contributed by atoms with Crippen LogP contribution in [0, 0.1) is 0 Å². The van der Waals surface area contributed by atoms with Crippen LogP contribution in [-0.2, 0) is 6.54 Å². The zero-order valence-electron chi connectivity index (χ0n) is 13.6. The molecule has 1 aliphatic rings. The highest BCUT2D eigenvalue weighted by molar-refractivity contribution is 9.11. The number of nitrogens with zero attached hydrogens (tertiary/aromatic N) is 1. The maximum atomic E-state index is 5.62. The van der Waals surface area contributed by atoms with E-state index in [2.05, 4.69) is 61.1 Å². The normalized spacial score (nSPS) is 17.5. The van der Waals surface area contributed by atoms with Gasteiger partial charge in [0.05, 0.1) is 15.6 Å². The fraction of sp³-hybridized carbons (Fsp3) is 0.625. The van der Waals surface area contributed by atoms with Crippen LogP contribution in [0.2, 0.25) is 0 Å². The number of rotatable bonds is 7. The second-order valence-electron chi connectivity index (χ2n) is 5.38. The van der Waals surface area contributed by atoms with Gasteiger partial charge in [-0.3, -0.25) is 4.90 Å². The smallest absolute Gasteiger partial charge is 0.147 e. The first-order valence-corrected chi connectivity index (χ1v) is 9.29. The molecule has 7 heteroatoms. The van der Waals surface area contributed by atoms with Crippen LogP contribution in [-0.4, -0.2) is 37.2 Å². The van der Waals surface area contributed by atoms with Crippen molar-refractivity contribution in [1.29, 1.82) is 0 Å². The van der Waals surface area contributed by atoms with Crippen molar-refractivity contribution in [2.75, 3.05) is 26.2 Å². The number of nitrogens with one attached hydrogen (secondary N) is 1. The van der Waals surface area contributed by atoms with Crippen molar-refractivity contribution in [2.45, 2.75) is 39.3 Å². The van der Waals surface area contributed by atoms with Gasteiger partial charge in [0.25, 0.3) is 0 Å². The SMILES string of the molecule is CCOc1c(Br)cc(CNCC2CCCN2CC)cc1Br.Cl.Cl. The van der Waals surface area contributed by atoms with Crippen LogP contribution in [0.4, 0.5) is 0 Å². The molecule has 0 aliphatic carbocycles. The highest BCUT2D eigenvalue weighted by Crippen LogP contribution is 2.34. The molecule has 0 spiro atoms. The Bertz CT molecular complexity index is 454. The third-order valence-electron chi connectivity index (χ3n) is 3.96. The maximum absolute atomic E-state index is 5.62. The summed E-state index contributed by atoms with van der Waals surface area (Å²) in [5.74, 6) is 0.884. The molecule has 1 N–H and O–H groups in total. The lowest BCUT2D eigenvalue weighted by atomic mass is 10.2. The number of benzene rings is 1. The number of halogens is 4. The van der Waals surface area contributed by atoms with E-state index in [1.54, 1.807) is 0 Å². The summed E-state index contributed by atoms with van der Waals surface area (Å²) in [7, 11) is 0. The van der Waals surface area contributed by atoms with Crippen molar-refractivity contribution in [3.8, 4) is 5.75 Å². The molecule has 0 amide bonds. The zero-order valence-corrected chi connectivity index (χ0v) is 18.4. The summed E-state index contributed by atoms with van der Waals surface area (Å²) in [5.41, 5.74) is 1.26. The molecule has 1 atom stereocenters. The number of hydrogen-bond donors (Lipinski definition) is 1. The van der Waals surface area contributed by atoms with Gasteiger partial charge in [-0.1, -0.05) is 6.92 Å². The Morgan fingerprint density at radius 1 is 1.22 bits per heavy atom. The van der Waals surface area contributed by atoms with Gasteiger partial charge >= 0.3 is 0 Å². The molecule has 1 aliphatic heterocycles. The van der Waals surface area contributed by atoms with E-state index in [1.807, 2.05) is 6.92 Å². The lowest BCUT2D eigenvalue weighted by Crippen LogP contribution is -2.37. The summed E-state index contributed by atoms with van der Waals surface area (Å²) < 4.78 is 7.63. The minimum Gasteiger partial charge on any atom is -0.492 e. The van der Waals surface area contributed by atoms with Crippen molar-refractivity contribution in [2.24, 2.45) is 0 Å². The Labute approximate surface area is 169 Å². The van der Waals surface area contributed by atoms with Crippen LogP contribution in [0.15, 0.2) is 21.1 Å². The average Bonchev–Trinajstić information content (AvgIpc) is 2.90.